The van der Waals surface area contributed by atoms with Crippen LogP contribution in [-0.4, -0.2) is 79.6 Å². The van der Waals surface area contributed by atoms with Crippen LogP contribution in [0.5, 0.6) is 17.4 Å². The second-order valence-electron chi connectivity index (χ2n) is 12.3. The summed E-state index contributed by atoms with van der Waals surface area (Å²) in [7, 11) is -9.34. The highest BCUT2D eigenvalue weighted by Gasteiger charge is 2.23. The molecule has 0 aliphatic heterocycles. The number of carbonyl (C=O) groups is 1. The van der Waals surface area contributed by atoms with Crippen molar-refractivity contribution in [2.24, 2.45) is 30.7 Å². The first-order valence-corrected chi connectivity index (χ1v) is 21.2. The Labute approximate surface area is 343 Å². The number of phenolic OH excluding ortho intramolecular Hbond substituents is 1. The zero-order chi connectivity index (χ0) is 42.6. The lowest BCUT2D eigenvalue weighted by Crippen LogP contribution is -2.08. The molecule has 0 saturated carbocycles. The van der Waals surface area contributed by atoms with Crippen LogP contribution >= 0.6 is 24.0 Å². The number of thiol groups is 1. The molecule has 0 atom stereocenters. The molecule has 0 unspecified atom stereocenters. The summed E-state index contributed by atoms with van der Waals surface area (Å²) in [6.45, 7) is 2.99. The average Bonchev–Trinajstić information content (AvgIpc) is 3.76. The van der Waals surface area contributed by atoms with E-state index in [-0.39, 0.29) is 68.7 Å². The van der Waals surface area contributed by atoms with Gasteiger partial charge in [-0.25, -0.2) is 4.79 Å². The summed E-state index contributed by atoms with van der Waals surface area (Å²) in [5.41, 5.74) is 0.900. The number of carboxylic acid groups (broad SMARTS) is 1. The summed E-state index contributed by atoms with van der Waals surface area (Å²) in [5.74, 6) is -2.46. The molecule has 59 heavy (non-hydrogen) atoms. The fourth-order valence-corrected chi connectivity index (χ4v) is 7.21. The largest absolute Gasteiger partial charge is 0.505 e. The maximum Gasteiger partial charge on any atom is 0.335 e. The number of aromatic nitrogens is 4. The molecule has 0 fully saturated rings. The number of aromatic hydroxyl groups is 2. The van der Waals surface area contributed by atoms with Crippen LogP contribution in [-0.2, 0) is 26.0 Å². The molecule has 6 aromatic rings. The van der Waals surface area contributed by atoms with Gasteiger partial charge in [-0.15, -0.1) is 35.8 Å². The van der Waals surface area contributed by atoms with Gasteiger partial charge in [0, 0.05) is 17.2 Å². The molecule has 0 bridgehead atoms. The van der Waals surface area contributed by atoms with Crippen molar-refractivity contribution >= 4 is 94.5 Å². The van der Waals surface area contributed by atoms with Crippen molar-refractivity contribution in [1.82, 2.24) is 20.0 Å². The number of carboxylic acids is 1. The number of nitrogens with zero attached hydrogens (tertiary/aromatic N) is 10. The minimum Gasteiger partial charge on any atom is -0.505 e. The van der Waals surface area contributed by atoms with Crippen molar-refractivity contribution in [3.8, 4) is 23.1 Å². The van der Waals surface area contributed by atoms with Gasteiger partial charge in [-0.1, -0.05) is 11.3 Å². The molecule has 2 heterocycles. The summed E-state index contributed by atoms with van der Waals surface area (Å²) in [6.07, 6.45) is -0.119. The maximum absolute atomic E-state index is 12.6. The minimum atomic E-state index is -5.05. The van der Waals surface area contributed by atoms with Gasteiger partial charge in [0.2, 0.25) is 5.88 Å². The van der Waals surface area contributed by atoms with Gasteiger partial charge < -0.3 is 20.1 Å². The van der Waals surface area contributed by atoms with Crippen LogP contribution in [0.15, 0.2) is 96.2 Å². The van der Waals surface area contributed by atoms with Crippen LogP contribution < -0.4 is 4.74 Å². The number of azo groups is 3. The molecular formula is C34H30N10O11S4. The standard InChI is InChI=1S/C34H30N10O11S4/c1-17-12-25(26(55-10-3-11-58(49,50)51)15-24(17)36-41-34-42-38-28(16-56)57-34)37-40-30-27(59(52,53)54)14-20-13-21(6-9-23(20)31(30)45)35-39-29-18(2)43-44(32(29)46)22-7-4-19(5-8-22)33(47)48/h4-9,12-15,45-46,56H,3,10-11,16H2,1-2H3,(H,47,48)(H,49,50,51)(H,52,53,54). The smallest absolute Gasteiger partial charge is 0.335 e. The third-order valence-electron chi connectivity index (χ3n) is 8.12. The SMILES string of the molecule is Cc1cc(N=Nc2c(S(=O)(=O)O)cc3cc(N=Nc4c(C)nn(-c5ccc(C(=O)O)cc5)c4O)ccc3c2O)c(OCCCS(=O)(=O)O)cc1N=Nc1nnc(CS)s1. The Balaban J connectivity index is 1.33. The molecule has 0 spiro atoms. The Kier molecular flexibility index (Phi) is 12.4. The van der Waals surface area contributed by atoms with E-state index in [0.29, 0.717) is 22.0 Å². The maximum atomic E-state index is 12.6. The normalized spacial score (nSPS) is 12.4. The second-order valence-corrected chi connectivity index (χ2v) is 16.6. The molecule has 0 saturated heterocycles. The number of hydrogen-bond donors (Lipinski definition) is 6. The zero-order valence-electron chi connectivity index (χ0n) is 30.4. The van der Waals surface area contributed by atoms with E-state index in [0.717, 1.165) is 10.7 Å². The van der Waals surface area contributed by atoms with Gasteiger partial charge in [0.15, 0.2) is 11.4 Å². The highest BCUT2D eigenvalue weighted by atomic mass is 32.2. The number of hydrogen-bond acceptors (Lipinski definition) is 19. The van der Waals surface area contributed by atoms with Crippen LogP contribution in [0.2, 0.25) is 0 Å². The molecule has 306 valence electrons. The number of rotatable bonds is 15. The first kappa shape index (κ1) is 42.4. The lowest BCUT2D eigenvalue weighted by atomic mass is 10.1. The predicted octanol–water partition coefficient (Wildman–Crippen LogP) is 8.18. The van der Waals surface area contributed by atoms with Gasteiger partial charge in [0.1, 0.15) is 27.0 Å². The van der Waals surface area contributed by atoms with E-state index in [4.69, 9.17) is 14.4 Å². The highest BCUT2D eigenvalue weighted by molar-refractivity contribution is 7.86. The van der Waals surface area contributed by atoms with E-state index < -0.39 is 54.2 Å². The van der Waals surface area contributed by atoms with Gasteiger partial charge >= 0.3 is 5.97 Å². The van der Waals surface area contributed by atoms with E-state index in [1.807, 2.05) is 0 Å². The lowest BCUT2D eigenvalue weighted by Gasteiger charge is -2.12. The van der Waals surface area contributed by atoms with Crippen molar-refractivity contribution in [1.29, 1.82) is 0 Å². The first-order chi connectivity index (χ1) is 27.9. The van der Waals surface area contributed by atoms with Crippen molar-refractivity contribution < 1.29 is 50.8 Å². The van der Waals surface area contributed by atoms with Gasteiger partial charge in [-0.3, -0.25) is 9.11 Å². The number of ether oxygens (including phenoxy) is 1. The number of fused-ring (bicyclic) bond motifs is 1. The lowest BCUT2D eigenvalue weighted by molar-refractivity contribution is 0.0696. The quantitative estimate of drug-likeness (QED) is 0.0245. The molecule has 0 aliphatic rings. The Morgan fingerprint density at radius 2 is 1.58 bits per heavy atom. The minimum absolute atomic E-state index is 0.0106. The number of phenols is 1. The summed E-state index contributed by atoms with van der Waals surface area (Å²) in [6, 6.07) is 13.6. The van der Waals surface area contributed by atoms with E-state index in [2.05, 4.69) is 58.6 Å². The first-order valence-electron chi connectivity index (χ1n) is 16.7. The third kappa shape index (κ3) is 10.1. The zero-order valence-corrected chi connectivity index (χ0v) is 33.8. The Hall–Kier alpha value is -6.25. The summed E-state index contributed by atoms with van der Waals surface area (Å²) in [4.78, 5) is 10.4. The molecule has 0 aliphatic carbocycles. The predicted molar refractivity (Wildman–Crippen MR) is 215 cm³/mol. The molecule has 5 N–H and O–H groups in total. The molecular weight excluding hydrogens is 853 g/mol. The van der Waals surface area contributed by atoms with Crippen LogP contribution in [0, 0.1) is 13.8 Å². The summed E-state index contributed by atoms with van der Waals surface area (Å²) in [5, 5.41) is 69.0. The van der Waals surface area contributed by atoms with Gasteiger partial charge in [0.25, 0.3) is 25.4 Å². The molecule has 6 rings (SSSR count). The topological polar surface area (TPSA) is 313 Å². The molecule has 25 heteroatoms. The Bertz CT molecular complexity index is 2910. The van der Waals surface area contributed by atoms with Crippen molar-refractivity contribution in [3.05, 3.63) is 82.5 Å². The summed E-state index contributed by atoms with van der Waals surface area (Å²) < 4.78 is 74.0. The van der Waals surface area contributed by atoms with Crippen molar-refractivity contribution in [3.63, 3.8) is 0 Å². The third-order valence-corrected chi connectivity index (χ3v) is 11.1. The summed E-state index contributed by atoms with van der Waals surface area (Å²) >= 11 is 5.32. The van der Waals surface area contributed by atoms with Crippen molar-refractivity contribution in [2.45, 2.75) is 30.9 Å². The number of benzene rings is 4. The van der Waals surface area contributed by atoms with Crippen LogP contribution in [0.4, 0.5) is 33.6 Å². The van der Waals surface area contributed by atoms with Crippen molar-refractivity contribution in [2.75, 3.05) is 12.4 Å². The van der Waals surface area contributed by atoms with Crippen LogP contribution in [0.3, 0.4) is 0 Å². The second kappa shape index (κ2) is 17.3. The molecule has 0 radical (unpaired) electrons. The molecule has 2 aromatic heterocycles. The van der Waals surface area contributed by atoms with Crippen LogP contribution in [0.1, 0.15) is 33.0 Å². The van der Waals surface area contributed by atoms with Gasteiger partial charge in [-0.2, -0.15) is 44.4 Å². The van der Waals surface area contributed by atoms with Gasteiger partial charge in [0.05, 0.1) is 40.7 Å². The fourth-order valence-electron chi connectivity index (χ4n) is 5.29. The highest BCUT2D eigenvalue weighted by Crippen LogP contribution is 2.44. The molecule has 4 aromatic carbocycles. The van der Waals surface area contributed by atoms with E-state index >= 15 is 0 Å². The molecule has 0 amide bonds. The van der Waals surface area contributed by atoms with E-state index in [1.165, 1.54) is 65.9 Å². The molecule has 21 nitrogen and oxygen atoms in total. The van der Waals surface area contributed by atoms with Gasteiger partial charge in [-0.05, 0) is 85.8 Å². The van der Waals surface area contributed by atoms with E-state index in [9.17, 15) is 36.4 Å². The fraction of sp³-hybridized carbons (Fsp3) is 0.176. The number of aromatic carboxylic acids is 1. The number of aryl methyl sites for hydroxylation is 2. The van der Waals surface area contributed by atoms with Crippen LogP contribution in [0.25, 0.3) is 16.5 Å². The Morgan fingerprint density at radius 1 is 0.864 bits per heavy atom. The van der Waals surface area contributed by atoms with E-state index in [1.54, 1.807) is 13.8 Å². The average molecular weight is 883 g/mol. The Morgan fingerprint density at radius 3 is 2.24 bits per heavy atom. The monoisotopic (exact) mass is 882 g/mol.